The maximum atomic E-state index is 4.45. The van der Waals surface area contributed by atoms with Crippen LogP contribution in [0.25, 0.3) is 0 Å². The molecule has 1 aliphatic rings. The summed E-state index contributed by atoms with van der Waals surface area (Å²) < 4.78 is 0. The van der Waals surface area contributed by atoms with Gasteiger partial charge in [0.15, 0.2) is 0 Å². The van der Waals surface area contributed by atoms with Gasteiger partial charge in [-0.25, -0.2) is 9.97 Å². The van der Waals surface area contributed by atoms with Crippen molar-refractivity contribution in [3.05, 3.63) is 11.9 Å². The lowest BCUT2D eigenvalue weighted by Gasteiger charge is -2.35. The van der Waals surface area contributed by atoms with Gasteiger partial charge in [-0.1, -0.05) is 6.92 Å². The van der Waals surface area contributed by atoms with Gasteiger partial charge in [-0.15, -0.1) is 0 Å². The fourth-order valence-corrected chi connectivity index (χ4v) is 2.81. The second-order valence-electron chi connectivity index (χ2n) is 5.63. The predicted molar refractivity (Wildman–Crippen MR) is 84.3 cm³/mol. The number of rotatable bonds is 5. The Labute approximate surface area is 122 Å². The normalized spacial score (nSPS) is 23.6. The Morgan fingerprint density at radius 1 is 1.30 bits per heavy atom. The minimum Gasteiger partial charge on any atom is -0.370 e. The van der Waals surface area contributed by atoms with E-state index in [9.17, 15) is 0 Å². The minimum absolute atomic E-state index is 0.510. The zero-order valence-electron chi connectivity index (χ0n) is 13.1. The summed E-state index contributed by atoms with van der Waals surface area (Å²) >= 11 is 0. The smallest absolute Gasteiger partial charge is 0.134 e. The van der Waals surface area contributed by atoms with Crippen molar-refractivity contribution in [1.29, 1.82) is 0 Å². The van der Waals surface area contributed by atoms with Crippen molar-refractivity contribution < 1.29 is 0 Å². The maximum absolute atomic E-state index is 4.45. The lowest BCUT2D eigenvalue weighted by Crippen LogP contribution is -2.42. The van der Waals surface area contributed by atoms with Gasteiger partial charge in [-0.05, 0) is 40.2 Å². The van der Waals surface area contributed by atoms with Crippen molar-refractivity contribution in [3.8, 4) is 0 Å². The number of nitrogens with one attached hydrogen (secondary N) is 2. The van der Waals surface area contributed by atoms with Crippen LogP contribution in [0.15, 0.2) is 6.33 Å². The third kappa shape index (κ3) is 3.39. The van der Waals surface area contributed by atoms with Crippen LogP contribution in [0.2, 0.25) is 0 Å². The van der Waals surface area contributed by atoms with E-state index in [0.717, 1.165) is 31.1 Å². The molecule has 1 fully saturated rings. The number of aromatic nitrogens is 2. The van der Waals surface area contributed by atoms with Crippen LogP contribution in [0.4, 0.5) is 11.6 Å². The fourth-order valence-electron chi connectivity index (χ4n) is 2.81. The summed E-state index contributed by atoms with van der Waals surface area (Å²) in [6, 6.07) is 1.14. The molecule has 1 aromatic heterocycles. The van der Waals surface area contributed by atoms with Gasteiger partial charge in [0.25, 0.3) is 0 Å². The van der Waals surface area contributed by atoms with E-state index in [4.69, 9.17) is 0 Å². The number of likely N-dealkylation sites (tertiary alicyclic amines) is 1. The summed E-state index contributed by atoms with van der Waals surface area (Å²) in [6.45, 7) is 8.56. The lowest BCUT2D eigenvalue weighted by atomic mass is 9.98. The average Bonchev–Trinajstić information content (AvgIpc) is 2.44. The van der Waals surface area contributed by atoms with Gasteiger partial charge in [0.2, 0.25) is 0 Å². The first kappa shape index (κ1) is 15.0. The molecule has 112 valence electrons. The van der Waals surface area contributed by atoms with E-state index >= 15 is 0 Å². The monoisotopic (exact) mass is 277 g/mol. The highest BCUT2D eigenvalue weighted by molar-refractivity contribution is 5.57. The average molecular weight is 277 g/mol. The first-order chi connectivity index (χ1) is 9.65. The summed E-state index contributed by atoms with van der Waals surface area (Å²) in [7, 11) is 2.20. The summed E-state index contributed by atoms with van der Waals surface area (Å²) in [4.78, 5) is 11.2. The highest BCUT2D eigenvalue weighted by Gasteiger charge is 2.23. The molecule has 1 aliphatic heterocycles. The molecule has 2 atom stereocenters. The van der Waals surface area contributed by atoms with E-state index in [1.807, 2.05) is 0 Å². The van der Waals surface area contributed by atoms with E-state index in [1.165, 1.54) is 18.4 Å². The van der Waals surface area contributed by atoms with Crippen LogP contribution in [-0.4, -0.2) is 47.1 Å². The van der Waals surface area contributed by atoms with Crippen molar-refractivity contribution in [2.45, 2.75) is 52.1 Å². The summed E-state index contributed by atoms with van der Waals surface area (Å²) in [6.07, 6.45) is 4.93. The maximum Gasteiger partial charge on any atom is 0.134 e. The molecule has 0 aromatic carbocycles. The first-order valence-corrected chi connectivity index (χ1v) is 7.70. The van der Waals surface area contributed by atoms with E-state index in [2.05, 4.69) is 53.3 Å². The Morgan fingerprint density at radius 3 is 2.70 bits per heavy atom. The first-order valence-electron chi connectivity index (χ1n) is 7.70. The third-order valence-corrected chi connectivity index (χ3v) is 4.19. The van der Waals surface area contributed by atoms with Crippen molar-refractivity contribution in [2.75, 3.05) is 30.8 Å². The fraction of sp³-hybridized carbons (Fsp3) is 0.733. The van der Waals surface area contributed by atoms with Crippen LogP contribution in [0.5, 0.6) is 0 Å². The molecular weight excluding hydrogens is 250 g/mol. The highest BCUT2D eigenvalue weighted by atomic mass is 15.2. The Morgan fingerprint density at radius 2 is 2.05 bits per heavy atom. The predicted octanol–water partition coefficient (Wildman–Crippen LogP) is 2.37. The Bertz CT molecular complexity index is 434. The number of nitrogens with zero attached hydrogens (tertiary/aromatic N) is 3. The Balaban J connectivity index is 2.10. The number of hydrogen-bond acceptors (Lipinski definition) is 5. The van der Waals surface area contributed by atoms with Crippen LogP contribution in [0, 0.1) is 0 Å². The zero-order chi connectivity index (χ0) is 14.5. The summed E-state index contributed by atoms with van der Waals surface area (Å²) in [5.74, 6) is 1.97. The molecule has 0 saturated carbocycles. The molecular formula is C15H27N5. The topological polar surface area (TPSA) is 53.1 Å². The van der Waals surface area contributed by atoms with Gasteiger partial charge in [0.05, 0.1) is 0 Å². The quantitative estimate of drug-likeness (QED) is 0.865. The standard InChI is InChI=1S/C15H27N5/c1-5-13-14(16-6-2)17-10-18-15(13)19-12-7-8-20(4)11(3)9-12/h10-12H,5-9H2,1-4H3,(H2,16,17,18,19). The van der Waals surface area contributed by atoms with E-state index in [-0.39, 0.29) is 0 Å². The van der Waals surface area contributed by atoms with Crippen molar-refractivity contribution >= 4 is 11.6 Å². The molecule has 5 heteroatoms. The molecule has 5 nitrogen and oxygen atoms in total. The lowest BCUT2D eigenvalue weighted by molar-refractivity contribution is 0.190. The van der Waals surface area contributed by atoms with Crippen LogP contribution in [-0.2, 0) is 6.42 Å². The van der Waals surface area contributed by atoms with Gasteiger partial charge in [0, 0.05) is 30.7 Å². The van der Waals surface area contributed by atoms with Gasteiger partial charge >= 0.3 is 0 Å². The van der Waals surface area contributed by atoms with E-state index < -0.39 is 0 Å². The molecule has 2 rings (SSSR count). The Kier molecular flexibility index (Phi) is 5.17. The Hall–Kier alpha value is -1.36. The minimum atomic E-state index is 0.510. The second kappa shape index (κ2) is 6.88. The van der Waals surface area contributed by atoms with Crippen molar-refractivity contribution in [3.63, 3.8) is 0 Å². The molecule has 0 amide bonds. The summed E-state index contributed by atoms with van der Waals surface area (Å²) in [5, 5.41) is 6.95. The van der Waals surface area contributed by atoms with E-state index in [1.54, 1.807) is 6.33 Å². The third-order valence-electron chi connectivity index (χ3n) is 4.19. The van der Waals surface area contributed by atoms with Gasteiger partial charge in [0.1, 0.15) is 18.0 Å². The number of piperidine rings is 1. The largest absolute Gasteiger partial charge is 0.370 e. The molecule has 0 spiro atoms. The van der Waals surface area contributed by atoms with Crippen LogP contribution in [0.1, 0.15) is 39.2 Å². The molecule has 0 aliphatic carbocycles. The molecule has 1 aromatic rings. The second-order valence-corrected chi connectivity index (χ2v) is 5.63. The molecule has 2 N–H and O–H groups in total. The molecule has 2 heterocycles. The van der Waals surface area contributed by atoms with Crippen LogP contribution < -0.4 is 10.6 Å². The molecule has 1 saturated heterocycles. The van der Waals surface area contributed by atoms with Crippen molar-refractivity contribution in [2.24, 2.45) is 0 Å². The highest BCUT2D eigenvalue weighted by Crippen LogP contribution is 2.24. The van der Waals surface area contributed by atoms with Gasteiger partial charge in [-0.3, -0.25) is 0 Å². The molecule has 2 unspecified atom stereocenters. The van der Waals surface area contributed by atoms with E-state index in [0.29, 0.717) is 12.1 Å². The zero-order valence-corrected chi connectivity index (χ0v) is 13.1. The molecule has 0 bridgehead atoms. The van der Waals surface area contributed by atoms with Crippen LogP contribution in [0.3, 0.4) is 0 Å². The SMILES string of the molecule is CCNc1ncnc(NC2CCN(C)C(C)C2)c1CC. The molecule has 20 heavy (non-hydrogen) atoms. The van der Waals surface area contributed by atoms with Gasteiger partial charge in [-0.2, -0.15) is 0 Å². The number of hydrogen-bond donors (Lipinski definition) is 2. The molecule has 0 radical (unpaired) electrons. The van der Waals surface area contributed by atoms with Crippen molar-refractivity contribution in [1.82, 2.24) is 14.9 Å². The van der Waals surface area contributed by atoms with Crippen LogP contribution >= 0.6 is 0 Å². The van der Waals surface area contributed by atoms with Gasteiger partial charge < -0.3 is 15.5 Å². The summed E-state index contributed by atoms with van der Waals surface area (Å²) in [5.41, 5.74) is 1.20. The number of anilines is 2.